The van der Waals surface area contributed by atoms with Gasteiger partial charge < -0.3 is 15.5 Å². The minimum absolute atomic E-state index is 0.0635. The molecule has 1 saturated heterocycles. The van der Waals surface area contributed by atoms with Crippen LogP contribution in [0.5, 0.6) is 0 Å². The zero-order valence-corrected chi connectivity index (χ0v) is 13.2. The molecule has 0 aromatic carbocycles. The topological polar surface area (TPSA) is 57.3 Å². The Morgan fingerprint density at radius 3 is 2.62 bits per heavy atom. The van der Waals surface area contributed by atoms with E-state index in [-0.39, 0.29) is 5.91 Å². The van der Waals surface area contributed by atoms with Crippen LogP contribution < -0.4 is 15.5 Å². The number of aromatic nitrogens is 1. The van der Waals surface area contributed by atoms with E-state index in [2.05, 4.69) is 46.5 Å². The van der Waals surface area contributed by atoms with Crippen molar-refractivity contribution in [3.63, 3.8) is 0 Å². The Morgan fingerprint density at radius 2 is 2.10 bits per heavy atom. The molecule has 0 bridgehead atoms. The van der Waals surface area contributed by atoms with Gasteiger partial charge in [-0.25, -0.2) is 4.98 Å². The Labute approximate surface area is 127 Å². The smallest absolute Gasteiger partial charge is 0.217 e. The van der Waals surface area contributed by atoms with Crippen LogP contribution in [-0.2, 0) is 11.3 Å². The molecular weight excluding hydrogens is 264 g/mol. The average molecular weight is 290 g/mol. The molecule has 21 heavy (non-hydrogen) atoms. The molecular formula is C16H26N4O. The van der Waals surface area contributed by atoms with E-state index in [1.807, 2.05) is 6.20 Å². The van der Waals surface area contributed by atoms with Crippen molar-refractivity contribution in [2.75, 3.05) is 18.0 Å². The van der Waals surface area contributed by atoms with Crippen molar-refractivity contribution in [3.05, 3.63) is 23.9 Å². The van der Waals surface area contributed by atoms with Crippen LogP contribution in [0, 0.1) is 0 Å². The lowest BCUT2D eigenvalue weighted by molar-refractivity contribution is -0.119. The minimum atomic E-state index is 0.0635. The number of anilines is 1. The highest BCUT2D eigenvalue weighted by Gasteiger charge is 2.20. The van der Waals surface area contributed by atoms with Crippen molar-refractivity contribution in [2.45, 2.75) is 52.2 Å². The molecule has 0 atom stereocenters. The van der Waals surface area contributed by atoms with E-state index >= 15 is 0 Å². The fraction of sp³-hybridized carbons (Fsp3) is 0.625. The quantitative estimate of drug-likeness (QED) is 0.866. The van der Waals surface area contributed by atoms with Crippen LogP contribution in [0.1, 0.15) is 39.2 Å². The molecule has 0 saturated carbocycles. The lowest BCUT2D eigenvalue weighted by Gasteiger charge is -2.33. The third-order valence-electron chi connectivity index (χ3n) is 3.75. The molecule has 2 N–H and O–H groups in total. The van der Waals surface area contributed by atoms with Gasteiger partial charge in [0.1, 0.15) is 5.82 Å². The van der Waals surface area contributed by atoms with E-state index in [1.54, 1.807) is 6.92 Å². The molecule has 0 unspecified atom stereocenters. The van der Waals surface area contributed by atoms with Crippen LogP contribution in [0.15, 0.2) is 18.3 Å². The summed E-state index contributed by atoms with van der Waals surface area (Å²) >= 11 is 0. The summed E-state index contributed by atoms with van der Waals surface area (Å²) < 4.78 is 0. The fourth-order valence-corrected chi connectivity index (χ4v) is 2.57. The molecule has 2 rings (SSSR count). The second-order valence-electron chi connectivity index (χ2n) is 6.02. The number of hydrogen-bond acceptors (Lipinski definition) is 4. The summed E-state index contributed by atoms with van der Waals surface area (Å²) in [5.41, 5.74) is 1.21. The molecule has 0 radical (unpaired) electrons. The summed E-state index contributed by atoms with van der Waals surface area (Å²) in [5, 5.41) is 6.39. The number of nitrogens with one attached hydrogen (secondary N) is 2. The molecule has 1 aromatic heterocycles. The Kier molecular flexibility index (Phi) is 5.56. The average Bonchev–Trinajstić information content (AvgIpc) is 2.46. The molecule has 1 amide bonds. The SMILES string of the molecule is CC(=O)NC1CCN(c2ccc(CNC(C)C)cn2)CC1. The minimum Gasteiger partial charge on any atom is -0.356 e. The Hall–Kier alpha value is -1.62. The van der Waals surface area contributed by atoms with Crippen molar-refractivity contribution in [1.29, 1.82) is 0 Å². The van der Waals surface area contributed by atoms with E-state index in [9.17, 15) is 4.79 Å². The lowest BCUT2D eigenvalue weighted by atomic mass is 10.0. The summed E-state index contributed by atoms with van der Waals surface area (Å²) in [6, 6.07) is 5.03. The predicted molar refractivity (Wildman–Crippen MR) is 85.3 cm³/mol. The number of pyridine rings is 1. The molecule has 5 heteroatoms. The summed E-state index contributed by atoms with van der Waals surface area (Å²) in [6.07, 6.45) is 3.92. The fourth-order valence-electron chi connectivity index (χ4n) is 2.57. The molecule has 5 nitrogen and oxygen atoms in total. The van der Waals surface area contributed by atoms with Gasteiger partial charge in [0.2, 0.25) is 5.91 Å². The van der Waals surface area contributed by atoms with Crippen molar-refractivity contribution >= 4 is 11.7 Å². The van der Waals surface area contributed by atoms with Crippen LogP contribution >= 0.6 is 0 Å². The second kappa shape index (κ2) is 7.41. The van der Waals surface area contributed by atoms with Gasteiger partial charge in [0.25, 0.3) is 0 Å². The third kappa shape index (κ3) is 5.01. The zero-order valence-electron chi connectivity index (χ0n) is 13.2. The number of carbonyl (C=O) groups is 1. The molecule has 0 aliphatic carbocycles. The Bertz CT molecular complexity index is 450. The first kappa shape index (κ1) is 15.8. The number of nitrogens with zero attached hydrogens (tertiary/aromatic N) is 2. The number of rotatable bonds is 5. The third-order valence-corrected chi connectivity index (χ3v) is 3.75. The summed E-state index contributed by atoms with van der Waals surface area (Å²) in [7, 11) is 0. The number of hydrogen-bond donors (Lipinski definition) is 2. The predicted octanol–water partition coefficient (Wildman–Crippen LogP) is 1.68. The van der Waals surface area contributed by atoms with Crippen LogP contribution in [0.25, 0.3) is 0 Å². The molecule has 1 fully saturated rings. The van der Waals surface area contributed by atoms with Gasteiger partial charge in [0, 0.05) is 44.8 Å². The van der Waals surface area contributed by atoms with E-state index in [0.717, 1.165) is 38.3 Å². The largest absolute Gasteiger partial charge is 0.356 e. The monoisotopic (exact) mass is 290 g/mol. The Balaban J connectivity index is 1.84. The maximum atomic E-state index is 11.1. The van der Waals surface area contributed by atoms with E-state index in [1.165, 1.54) is 5.56 Å². The van der Waals surface area contributed by atoms with Gasteiger partial charge in [-0.15, -0.1) is 0 Å². The first-order valence-corrected chi connectivity index (χ1v) is 7.75. The van der Waals surface area contributed by atoms with Crippen molar-refractivity contribution in [3.8, 4) is 0 Å². The molecule has 1 aliphatic rings. The summed E-state index contributed by atoms with van der Waals surface area (Å²) in [6.45, 7) is 8.61. The number of piperidine rings is 1. The van der Waals surface area contributed by atoms with Crippen molar-refractivity contribution in [1.82, 2.24) is 15.6 Å². The van der Waals surface area contributed by atoms with Crippen molar-refractivity contribution in [2.24, 2.45) is 0 Å². The highest BCUT2D eigenvalue weighted by Crippen LogP contribution is 2.18. The van der Waals surface area contributed by atoms with Gasteiger partial charge in [0.05, 0.1) is 0 Å². The standard InChI is InChI=1S/C16H26N4O/c1-12(2)17-10-14-4-5-16(18-11-14)20-8-6-15(7-9-20)19-13(3)21/h4-5,11-12,15,17H,6-10H2,1-3H3,(H,19,21). The van der Waals surface area contributed by atoms with Gasteiger partial charge in [-0.05, 0) is 24.5 Å². The second-order valence-corrected chi connectivity index (χ2v) is 6.02. The van der Waals surface area contributed by atoms with Crippen LogP contribution in [0.4, 0.5) is 5.82 Å². The lowest BCUT2D eigenvalue weighted by Crippen LogP contribution is -2.44. The molecule has 1 aliphatic heterocycles. The molecule has 2 heterocycles. The van der Waals surface area contributed by atoms with Crippen molar-refractivity contribution < 1.29 is 4.79 Å². The van der Waals surface area contributed by atoms with Gasteiger partial charge in [-0.3, -0.25) is 4.79 Å². The molecule has 116 valence electrons. The maximum Gasteiger partial charge on any atom is 0.217 e. The van der Waals surface area contributed by atoms with Gasteiger partial charge >= 0.3 is 0 Å². The molecule has 0 spiro atoms. The van der Waals surface area contributed by atoms with Gasteiger partial charge in [-0.2, -0.15) is 0 Å². The van der Waals surface area contributed by atoms with Crippen LogP contribution in [-0.4, -0.2) is 36.1 Å². The van der Waals surface area contributed by atoms with Crippen LogP contribution in [0.3, 0.4) is 0 Å². The van der Waals surface area contributed by atoms with Gasteiger partial charge in [-0.1, -0.05) is 19.9 Å². The first-order valence-electron chi connectivity index (χ1n) is 7.75. The van der Waals surface area contributed by atoms with Gasteiger partial charge in [0.15, 0.2) is 0 Å². The van der Waals surface area contributed by atoms with E-state index in [4.69, 9.17) is 0 Å². The number of carbonyl (C=O) groups excluding carboxylic acids is 1. The summed E-state index contributed by atoms with van der Waals surface area (Å²) in [4.78, 5) is 17.9. The maximum absolute atomic E-state index is 11.1. The first-order chi connectivity index (χ1) is 10.0. The normalized spacial score (nSPS) is 16.3. The zero-order chi connectivity index (χ0) is 15.2. The van der Waals surface area contributed by atoms with E-state index < -0.39 is 0 Å². The Morgan fingerprint density at radius 1 is 1.38 bits per heavy atom. The molecule has 1 aromatic rings. The summed E-state index contributed by atoms with van der Waals surface area (Å²) in [5.74, 6) is 1.10. The highest BCUT2D eigenvalue weighted by atomic mass is 16.1. The highest BCUT2D eigenvalue weighted by molar-refractivity contribution is 5.73. The van der Waals surface area contributed by atoms with E-state index in [0.29, 0.717) is 12.1 Å². The number of amides is 1. The van der Waals surface area contributed by atoms with Crippen LogP contribution in [0.2, 0.25) is 0 Å².